The van der Waals surface area contributed by atoms with E-state index in [0.29, 0.717) is 17.5 Å². The van der Waals surface area contributed by atoms with E-state index >= 15 is 0 Å². The molecule has 0 unspecified atom stereocenters. The molecule has 3 aromatic carbocycles. The normalized spacial score (nSPS) is 17.2. The number of alkyl carbamates (subject to hydrolysis) is 1. The molecule has 1 aliphatic rings. The first kappa shape index (κ1) is 30.0. The van der Waals surface area contributed by atoms with E-state index in [1.165, 1.54) is 0 Å². The van der Waals surface area contributed by atoms with Gasteiger partial charge in [0, 0.05) is 18.5 Å². The fourth-order valence-corrected chi connectivity index (χ4v) is 4.90. The summed E-state index contributed by atoms with van der Waals surface area (Å²) in [6.45, 7) is 7.63. The van der Waals surface area contributed by atoms with Crippen LogP contribution in [0, 0.1) is 0 Å². The van der Waals surface area contributed by atoms with Crippen molar-refractivity contribution in [1.82, 2.24) is 10.6 Å². The fourth-order valence-electron chi connectivity index (χ4n) is 4.90. The van der Waals surface area contributed by atoms with Crippen molar-refractivity contribution in [2.45, 2.75) is 70.4 Å². The van der Waals surface area contributed by atoms with Crippen LogP contribution in [0.25, 0.3) is 0 Å². The monoisotopic (exact) mass is 558 g/mol. The molecule has 216 valence electrons. The van der Waals surface area contributed by atoms with Gasteiger partial charge in [0.2, 0.25) is 0 Å². The van der Waals surface area contributed by atoms with Gasteiger partial charge < -0.3 is 19.9 Å². The summed E-state index contributed by atoms with van der Waals surface area (Å²) < 4.78 is 10.5. The molecule has 3 N–H and O–H groups in total. The molecule has 0 bridgehead atoms. The lowest BCUT2D eigenvalue weighted by molar-refractivity contribution is 0.00692. The first-order valence-corrected chi connectivity index (χ1v) is 13.8. The molecule has 0 aliphatic carbocycles. The molecule has 8 heteroatoms. The van der Waals surface area contributed by atoms with Crippen LogP contribution in [0.15, 0.2) is 78.9 Å². The minimum atomic E-state index is -1.34. The number of aliphatic hydroxyl groups is 1. The van der Waals surface area contributed by atoms with Gasteiger partial charge in [0.25, 0.3) is 0 Å². The van der Waals surface area contributed by atoms with Crippen LogP contribution in [0.1, 0.15) is 65.1 Å². The van der Waals surface area contributed by atoms with Gasteiger partial charge in [-0.05, 0) is 69.0 Å². The number of ether oxygens (including phenoxy) is 2. The third-order valence-corrected chi connectivity index (χ3v) is 7.05. The Labute approximate surface area is 241 Å². The largest absolute Gasteiger partial charge is 0.456 e. The van der Waals surface area contributed by atoms with Crippen LogP contribution in [-0.4, -0.2) is 52.8 Å². The molecule has 0 saturated carbocycles. The summed E-state index contributed by atoms with van der Waals surface area (Å²) >= 11 is 0. The van der Waals surface area contributed by atoms with Crippen molar-refractivity contribution in [3.8, 4) is 0 Å². The Balaban J connectivity index is 1.59. The number of amides is 1. The van der Waals surface area contributed by atoms with Crippen molar-refractivity contribution in [2.24, 2.45) is 0 Å². The van der Waals surface area contributed by atoms with Crippen LogP contribution in [0.5, 0.6) is 0 Å². The third kappa shape index (κ3) is 7.80. The highest BCUT2D eigenvalue weighted by molar-refractivity contribution is 6.04. The highest BCUT2D eigenvalue weighted by Gasteiger charge is 2.43. The Bertz CT molecular complexity index is 1360. The number of cyclic esters (lactones) is 1. The summed E-state index contributed by atoms with van der Waals surface area (Å²) in [6.07, 6.45) is -0.703. The van der Waals surface area contributed by atoms with Gasteiger partial charge in [-0.2, -0.15) is 0 Å². The van der Waals surface area contributed by atoms with E-state index < -0.39 is 29.3 Å². The van der Waals surface area contributed by atoms with Gasteiger partial charge in [-0.25, -0.2) is 9.59 Å². The van der Waals surface area contributed by atoms with Crippen LogP contribution in [-0.2, 0) is 28.9 Å². The van der Waals surface area contributed by atoms with Crippen LogP contribution in [0.2, 0.25) is 0 Å². The number of carbonyl (C=O) groups is 3. The lowest BCUT2D eigenvalue weighted by atomic mass is 9.78. The number of rotatable bonds is 11. The van der Waals surface area contributed by atoms with E-state index in [1.54, 1.807) is 25.1 Å². The van der Waals surface area contributed by atoms with E-state index in [4.69, 9.17) is 9.47 Å². The Morgan fingerprint density at radius 3 is 2.27 bits per heavy atom. The van der Waals surface area contributed by atoms with Gasteiger partial charge in [0.1, 0.15) is 17.7 Å². The van der Waals surface area contributed by atoms with E-state index in [1.807, 2.05) is 81.4 Å². The van der Waals surface area contributed by atoms with Gasteiger partial charge >= 0.3 is 12.1 Å². The minimum absolute atomic E-state index is 0.166. The number of carbonyl (C=O) groups excluding carboxylic acids is 3. The number of hydrogen-bond donors (Lipinski definition) is 3. The Morgan fingerprint density at radius 1 is 0.976 bits per heavy atom. The molecule has 41 heavy (non-hydrogen) atoms. The summed E-state index contributed by atoms with van der Waals surface area (Å²) in [5.41, 5.74) is 1.58. The molecule has 1 heterocycles. The number of ketones is 1. The Morgan fingerprint density at radius 2 is 1.66 bits per heavy atom. The standard InChI is InChI=1S/C33H38N2O6/c1-22(36)33(19-23-9-6-5-7-10-23,34-20-24-13-15-26(16-14-24)30(38)41-32(2,3)4)29(37)27-12-8-11-25(17-27)18-28-21-40-31(39)35-28/h5-17,22,28,34,36H,18-21H2,1-4H3,(H,35,39)/t22-,28-,33-/m1/s1. The van der Waals surface area contributed by atoms with Crippen molar-refractivity contribution < 1.29 is 29.0 Å². The molecule has 0 radical (unpaired) electrons. The van der Waals surface area contributed by atoms with Crippen molar-refractivity contribution >= 4 is 17.8 Å². The predicted octanol–water partition coefficient (Wildman–Crippen LogP) is 4.63. The maximum absolute atomic E-state index is 14.3. The molecule has 0 spiro atoms. The fraction of sp³-hybridized carbons (Fsp3) is 0.364. The van der Waals surface area contributed by atoms with Gasteiger partial charge in [0.05, 0.1) is 17.7 Å². The second-order valence-corrected chi connectivity index (χ2v) is 11.5. The number of nitrogens with one attached hydrogen (secondary N) is 2. The number of esters is 1. The molecule has 1 aliphatic heterocycles. The Hall–Kier alpha value is -4.01. The Kier molecular flexibility index (Phi) is 9.25. The SMILES string of the molecule is C[C@@H](O)[C@@](Cc1ccccc1)(NCc1ccc(C(=O)OC(C)(C)C)cc1)C(=O)c1cccc(C[C@@H]2COC(=O)N2)c1. The van der Waals surface area contributed by atoms with Gasteiger partial charge in [0.15, 0.2) is 5.78 Å². The van der Waals surface area contributed by atoms with Crippen LogP contribution in [0.4, 0.5) is 4.79 Å². The lowest BCUT2D eigenvalue weighted by Gasteiger charge is -2.37. The first-order chi connectivity index (χ1) is 19.4. The van der Waals surface area contributed by atoms with E-state index in [0.717, 1.165) is 16.7 Å². The molecule has 4 rings (SSSR count). The van der Waals surface area contributed by atoms with Crippen molar-refractivity contribution in [3.63, 3.8) is 0 Å². The van der Waals surface area contributed by atoms with Gasteiger partial charge in [-0.15, -0.1) is 0 Å². The molecule has 1 fully saturated rings. The van der Waals surface area contributed by atoms with E-state index in [9.17, 15) is 19.5 Å². The average molecular weight is 559 g/mol. The summed E-state index contributed by atoms with van der Waals surface area (Å²) in [7, 11) is 0. The zero-order valence-electron chi connectivity index (χ0n) is 24.0. The maximum atomic E-state index is 14.3. The van der Waals surface area contributed by atoms with Crippen molar-refractivity contribution in [2.75, 3.05) is 6.61 Å². The number of Topliss-reactive ketones (excluding diaryl/α,β-unsaturated/α-hetero) is 1. The van der Waals surface area contributed by atoms with Crippen LogP contribution in [0.3, 0.4) is 0 Å². The summed E-state index contributed by atoms with van der Waals surface area (Å²) in [6, 6.07) is 23.7. The third-order valence-electron chi connectivity index (χ3n) is 7.05. The molecule has 3 atom stereocenters. The second kappa shape index (κ2) is 12.7. The maximum Gasteiger partial charge on any atom is 0.407 e. The minimum Gasteiger partial charge on any atom is -0.456 e. The zero-order chi connectivity index (χ0) is 29.6. The molecular formula is C33H38N2O6. The van der Waals surface area contributed by atoms with E-state index in [2.05, 4.69) is 10.6 Å². The smallest absolute Gasteiger partial charge is 0.407 e. The number of benzene rings is 3. The second-order valence-electron chi connectivity index (χ2n) is 11.5. The highest BCUT2D eigenvalue weighted by Crippen LogP contribution is 2.26. The van der Waals surface area contributed by atoms with Crippen molar-refractivity contribution in [3.05, 3.63) is 107 Å². The highest BCUT2D eigenvalue weighted by atomic mass is 16.6. The average Bonchev–Trinajstić information content (AvgIpc) is 3.34. The first-order valence-electron chi connectivity index (χ1n) is 13.8. The quantitative estimate of drug-likeness (QED) is 0.232. The molecular weight excluding hydrogens is 520 g/mol. The number of aliphatic hydroxyl groups excluding tert-OH is 1. The lowest BCUT2D eigenvalue weighted by Crippen LogP contribution is -2.60. The van der Waals surface area contributed by atoms with Crippen LogP contribution < -0.4 is 10.6 Å². The number of hydrogen-bond acceptors (Lipinski definition) is 7. The van der Waals surface area contributed by atoms with Crippen LogP contribution >= 0.6 is 0 Å². The van der Waals surface area contributed by atoms with Gasteiger partial charge in [-0.3, -0.25) is 10.1 Å². The van der Waals surface area contributed by atoms with Crippen molar-refractivity contribution in [1.29, 1.82) is 0 Å². The molecule has 8 nitrogen and oxygen atoms in total. The molecule has 1 saturated heterocycles. The summed E-state index contributed by atoms with van der Waals surface area (Å²) in [5.74, 6) is -0.645. The summed E-state index contributed by atoms with van der Waals surface area (Å²) in [5, 5.41) is 17.3. The molecule has 3 aromatic rings. The topological polar surface area (TPSA) is 114 Å². The summed E-state index contributed by atoms with van der Waals surface area (Å²) in [4.78, 5) is 38.2. The zero-order valence-corrected chi connectivity index (χ0v) is 24.0. The molecule has 0 aromatic heterocycles. The van der Waals surface area contributed by atoms with Gasteiger partial charge in [-0.1, -0.05) is 60.7 Å². The molecule has 1 amide bonds. The van der Waals surface area contributed by atoms with E-state index in [-0.39, 0.29) is 31.4 Å². The predicted molar refractivity (Wildman–Crippen MR) is 156 cm³/mol.